The van der Waals surface area contributed by atoms with Crippen molar-refractivity contribution in [3.05, 3.63) is 27.7 Å². The van der Waals surface area contributed by atoms with Crippen molar-refractivity contribution >= 4 is 27.7 Å². The zero-order valence-electron chi connectivity index (χ0n) is 13.7. The number of nitrogens with two attached hydrogens (primary N) is 1. The number of anilines is 1. The molecule has 5 nitrogen and oxygen atoms in total. The first-order chi connectivity index (χ1) is 10.7. The van der Waals surface area contributed by atoms with E-state index in [-0.39, 0.29) is 12.0 Å². The lowest BCUT2D eigenvalue weighted by Crippen LogP contribution is -2.42. The number of hydrogen-bond acceptors (Lipinski definition) is 4. The van der Waals surface area contributed by atoms with Gasteiger partial charge in [0, 0.05) is 23.5 Å². The Hall–Kier alpha value is -1.74. The van der Waals surface area contributed by atoms with Gasteiger partial charge in [0.2, 0.25) is 0 Å². The minimum atomic E-state index is -0.507. The van der Waals surface area contributed by atoms with E-state index in [1.807, 2.05) is 26.8 Å². The third kappa shape index (κ3) is 4.38. The zero-order valence-corrected chi connectivity index (χ0v) is 15.3. The van der Waals surface area contributed by atoms with Crippen LogP contribution in [0.1, 0.15) is 50.7 Å². The van der Waals surface area contributed by atoms with Gasteiger partial charge >= 0.3 is 6.09 Å². The van der Waals surface area contributed by atoms with Crippen LogP contribution in [-0.4, -0.2) is 29.7 Å². The van der Waals surface area contributed by atoms with Gasteiger partial charge in [0.05, 0.1) is 11.3 Å². The molecule has 1 aromatic carbocycles. The molecule has 1 fully saturated rings. The molecular weight excluding hydrogens is 358 g/mol. The van der Waals surface area contributed by atoms with Crippen LogP contribution in [0.2, 0.25) is 0 Å². The van der Waals surface area contributed by atoms with E-state index in [1.165, 1.54) is 0 Å². The lowest BCUT2D eigenvalue weighted by molar-refractivity contribution is 0.0198. The van der Waals surface area contributed by atoms with E-state index in [0.29, 0.717) is 24.3 Å². The van der Waals surface area contributed by atoms with Gasteiger partial charge in [-0.05, 0) is 51.3 Å². The number of carbonyl (C=O) groups is 1. The van der Waals surface area contributed by atoms with Crippen LogP contribution in [0.4, 0.5) is 10.5 Å². The number of benzene rings is 1. The van der Waals surface area contributed by atoms with Gasteiger partial charge in [0.15, 0.2) is 0 Å². The number of piperidine rings is 1. The maximum absolute atomic E-state index is 12.3. The molecular formula is C17H22BrN3O2. The number of rotatable bonds is 1. The van der Waals surface area contributed by atoms with E-state index in [0.717, 1.165) is 22.9 Å². The van der Waals surface area contributed by atoms with Crippen LogP contribution >= 0.6 is 15.9 Å². The Labute approximate surface area is 145 Å². The highest BCUT2D eigenvalue weighted by Gasteiger charge is 2.29. The number of hydrogen-bond donors (Lipinski definition) is 1. The Morgan fingerprint density at radius 2 is 2.17 bits per heavy atom. The Balaban J connectivity index is 2.21. The maximum atomic E-state index is 12.3. The summed E-state index contributed by atoms with van der Waals surface area (Å²) >= 11 is 3.43. The summed E-state index contributed by atoms with van der Waals surface area (Å²) in [5, 5.41) is 9.20. The number of amides is 1. The Kier molecular flexibility index (Phi) is 5.20. The SMILES string of the molecule is CC(C)(C)OC(=O)N1CCC[C@H](c2cc(Br)cc(C#N)c2N)C1. The van der Waals surface area contributed by atoms with Crippen molar-refractivity contribution < 1.29 is 9.53 Å². The summed E-state index contributed by atoms with van der Waals surface area (Å²) in [6.07, 6.45) is 1.53. The molecule has 1 aromatic rings. The van der Waals surface area contributed by atoms with Crippen LogP contribution in [0, 0.1) is 11.3 Å². The predicted molar refractivity (Wildman–Crippen MR) is 93.1 cm³/mol. The normalized spacial score (nSPS) is 18.4. The predicted octanol–water partition coefficient (Wildman–Crippen LogP) is 4.02. The molecule has 0 saturated carbocycles. The molecule has 0 aromatic heterocycles. The Morgan fingerprint density at radius 1 is 1.48 bits per heavy atom. The fourth-order valence-corrected chi connectivity index (χ4v) is 3.27. The quantitative estimate of drug-likeness (QED) is 0.747. The topological polar surface area (TPSA) is 79.3 Å². The van der Waals surface area contributed by atoms with Crippen molar-refractivity contribution in [3.8, 4) is 6.07 Å². The first-order valence-electron chi connectivity index (χ1n) is 7.68. The monoisotopic (exact) mass is 379 g/mol. The average Bonchev–Trinajstić information content (AvgIpc) is 2.47. The molecule has 1 aliphatic rings. The molecule has 0 unspecified atom stereocenters. The lowest BCUT2D eigenvalue weighted by atomic mass is 9.88. The van der Waals surface area contributed by atoms with Crippen molar-refractivity contribution in [3.63, 3.8) is 0 Å². The van der Waals surface area contributed by atoms with Gasteiger partial charge in [0.1, 0.15) is 11.7 Å². The van der Waals surface area contributed by atoms with Crippen LogP contribution in [0.5, 0.6) is 0 Å². The second-order valence-electron chi connectivity index (χ2n) is 6.83. The summed E-state index contributed by atoms with van der Waals surface area (Å²) in [5.74, 6) is 0.112. The second kappa shape index (κ2) is 6.79. The van der Waals surface area contributed by atoms with Crippen molar-refractivity contribution in [2.24, 2.45) is 0 Å². The van der Waals surface area contributed by atoms with E-state index in [4.69, 9.17) is 10.5 Å². The highest BCUT2D eigenvalue weighted by Crippen LogP contribution is 2.35. The first kappa shape index (κ1) is 17.6. The molecule has 1 amide bonds. The van der Waals surface area contributed by atoms with Crippen LogP contribution < -0.4 is 5.73 Å². The van der Waals surface area contributed by atoms with E-state index < -0.39 is 5.60 Å². The number of ether oxygens (including phenoxy) is 1. The smallest absolute Gasteiger partial charge is 0.410 e. The molecule has 2 rings (SSSR count). The summed E-state index contributed by atoms with van der Waals surface area (Å²) < 4.78 is 6.28. The summed E-state index contributed by atoms with van der Waals surface area (Å²) in [4.78, 5) is 14.0. The Morgan fingerprint density at radius 3 is 2.78 bits per heavy atom. The molecule has 0 spiro atoms. The van der Waals surface area contributed by atoms with Crippen molar-refractivity contribution in [1.29, 1.82) is 5.26 Å². The summed E-state index contributed by atoms with van der Waals surface area (Å²) in [6, 6.07) is 5.78. The molecule has 1 atom stereocenters. The summed E-state index contributed by atoms with van der Waals surface area (Å²) in [6.45, 7) is 6.82. The van der Waals surface area contributed by atoms with Crippen molar-refractivity contribution in [1.82, 2.24) is 4.90 Å². The molecule has 0 radical (unpaired) electrons. The number of nitrogen functional groups attached to an aromatic ring is 1. The van der Waals surface area contributed by atoms with Crippen LogP contribution in [0.15, 0.2) is 16.6 Å². The molecule has 124 valence electrons. The van der Waals surface area contributed by atoms with Gasteiger partial charge < -0.3 is 15.4 Å². The second-order valence-corrected chi connectivity index (χ2v) is 7.75. The number of nitrogens with zero attached hydrogens (tertiary/aromatic N) is 2. The molecule has 1 heterocycles. The minimum absolute atomic E-state index is 0.112. The van der Waals surface area contributed by atoms with Gasteiger partial charge in [-0.25, -0.2) is 4.79 Å². The molecule has 1 saturated heterocycles. The van der Waals surface area contributed by atoms with Gasteiger partial charge in [-0.2, -0.15) is 5.26 Å². The molecule has 6 heteroatoms. The largest absolute Gasteiger partial charge is 0.444 e. The number of nitriles is 1. The fourth-order valence-electron chi connectivity index (χ4n) is 2.79. The van der Waals surface area contributed by atoms with Crippen LogP contribution in [-0.2, 0) is 4.74 Å². The van der Waals surface area contributed by atoms with Gasteiger partial charge in [-0.15, -0.1) is 0 Å². The number of likely N-dealkylation sites (tertiary alicyclic amines) is 1. The van der Waals surface area contributed by atoms with Crippen molar-refractivity contribution in [2.45, 2.75) is 45.1 Å². The number of carbonyl (C=O) groups excluding carboxylic acids is 1. The highest BCUT2D eigenvalue weighted by molar-refractivity contribution is 9.10. The number of halogens is 1. The molecule has 2 N–H and O–H groups in total. The molecule has 1 aliphatic heterocycles. The Bertz CT molecular complexity index is 646. The first-order valence-corrected chi connectivity index (χ1v) is 8.47. The highest BCUT2D eigenvalue weighted by atomic mass is 79.9. The lowest BCUT2D eigenvalue weighted by Gasteiger charge is -2.34. The zero-order chi connectivity index (χ0) is 17.2. The molecule has 0 bridgehead atoms. The van der Waals surface area contributed by atoms with E-state index in [2.05, 4.69) is 22.0 Å². The van der Waals surface area contributed by atoms with E-state index in [9.17, 15) is 10.1 Å². The van der Waals surface area contributed by atoms with E-state index in [1.54, 1.807) is 11.0 Å². The van der Waals surface area contributed by atoms with Crippen molar-refractivity contribution in [2.75, 3.05) is 18.8 Å². The fraction of sp³-hybridized carbons (Fsp3) is 0.529. The third-order valence-corrected chi connectivity index (χ3v) is 4.27. The van der Waals surface area contributed by atoms with E-state index >= 15 is 0 Å². The van der Waals surface area contributed by atoms with Gasteiger partial charge in [-0.1, -0.05) is 15.9 Å². The molecule has 23 heavy (non-hydrogen) atoms. The average molecular weight is 380 g/mol. The standard InChI is InChI=1S/C17H22BrN3O2/c1-17(2,3)23-16(22)21-6-4-5-11(10-21)14-8-13(18)7-12(9-19)15(14)20/h7-8,11H,4-6,10,20H2,1-3H3/t11-/m0/s1. The van der Waals surface area contributed by atoms with Gasteiger partial charge in [-0.3, -0.25) is 0 Å². The van der Waals surface area contributed by atoms with Crippen LogP contribution in [0.25, 0.3) is 0 Å². The molecule has 0 aliphatic carbocycles. The maximum Gasteiger partial charge on any atom is 0.410 e. The van der Waals surface area contributed by atoms with Gasteiger partial charge in [0.25, 0.3) is 0 Å². The summed E-state index contributed by atoms with van der Waals surface area (Å²) in [5.41, 5.74) is 7.52. The minimum Gasteiger partial charge on any atom is -0.444 e. The third-order valence-electron chi connectivity index (χ3n) is 3.81. The summed E-state index contributed by atoms with van der Waals surface area (Å²) in [7, 11) is 0. The van der Waals surface area contributed by atoms with Crippen LogP contribution in [0.3, 0.4) is 0 Å².